The van der Waals surface area contributed by atoms with Crippen molar-refractivity contribution < 1.29 is 18.7 Å². The third-order valence-electron chi connectivity index (χ3n) is 3.73. The Hall–Kier alpha value is -3.15. The highest BCUT2D eigenvalue weighted by atomic mass is 19.1. The monoisotopic (exact) mass is 324 g/mol. The number of allylic oxidation sites excluding steroid dienone is 1. The van der Waals surface area contributed by atoms with E-state index in [1.54, 1.807) is 12.1 Å². The molecule has 0 amide bonds. The standard InChI is InChI=1S/C18H13FN2O3/c19-13-7-5-11(6-8-13)9-16-20-21-18(24-16)17-14(22)10-12-3-1-2-4-15(12)23-17/h1-8,22H,9-10H2. The Morgan fingerprint density at radius 2 is 1.83 bits per heavy atom. The molecule has 0 atom stereocenters. The molecule has 0 saturated carbocycles. The number of para-hydroxylation sites is 1. The topological polar surface area (TPSA) is 68.4 Å². The van der Waals surface area contributed by atoms with Gasteiger partial charge in [-0.05, 0) is 23.8 Å². The summed E-state index contributed by atoms with van der Waals surface area (Å²) in [5.74, 6) is 1.06. The van der Waals surface area contributed by atoms with Crippen molar-refractivity contribution in [1.29, 1.82) is 0 Å². The zero-order valence-electron chi connectivity index (χ0n) is 12.6. The van der Waals surface area contributed by atoms with Crippen LogP contribution in [0.4, 0.5) is 4.39 Å². The van der Waals surface area contributed by atoms with Gasteiger partial charge in [-0.1, -0.05) is 30.3 Å². The fourth-order valence-electron chi connectivity index (χ4n) is 2.54. The Balaban J connectivity index is 1.57. The number of hydrogen-bond donors (Lipinski definition) is 1. The van der Waals surface area contributed by atoms with Crippen molar-refractivity contribution >= 4 is 5.76 Å². The van der Waals surface area contributed by atoms with Gasteiger partial charge in [0.25, 0.3) is 5.89 Å². The van der Waals surface area contributed by atoms with Crippen molar-refractivity contribution in [1.82, 2.24) is 10.2 Å². The van der Waals surface area contributed by atoms with Gasteiger partial charge in [0.15, 0.2) is 0 Å². The number of rotatable bonds is 3. The van der Waals surface area contributed by atoms with Crippen LogP contribution in [0.15, 0.2) is 58.7 Å². The molecule has 2 heterocycles. The second-order valence-corrected chi connectivity index (χ2v) is 5.47. The lowest BCUT2D eigenvalue weighted by atomic mass is 10.1. The maximum atomic E-state index is 12.9. The van der Waals surface area contributed by atoms with E-state index >= 15 is 0 Å². The first-order chi connectivity index (χ1) is 11.7. The van der Waals surface area contributed by atoms with Crippen LogP contribution >= 0.6 is 0 Å². The zero-order valence-corrected chi connectivity index (χ0v) is 12.6. The summed E-state index contributed by atoms with van der Waals surface area (Å²) in [6, 6.07) is 13.5. The molecule has 120 valence electrons. The molecule has 2 aromatic carbocycles. The van der Waals surface area contributed by atoms with Gasteiger partial charge in [0.2, 0.25) is 11.6 Å². The molecule has 1 aliphatic heterocycles. The number of aromatic nitrogens is 2. The van der Waals surface area contributed by atoms with E-state index in [0.29, 0.717) is 24.5 Å². The van der Waals surface area contributed by atoms with Gasteiger partial charge in [-0.3, -0.25) is 0 Å². The van der Waals surface area contributed by atoms with Crippen LogP contribution in [0.5, 0.6) is 5.75 Å². The molecule has 24 heavy (non-hydrogen) atoms. The molecule has 0 spiro atoms. The fourth-order valence-corrected chi connectivity index (χ4v) is 2.54. The van der Waals surface area contributed by atoms with Gasteiger partial charge in [0.05, 0.1) is 6.42 Å². The van der Waals surface area contributed by atoms with E-state index in [1.807, 2.05) is 24.3 Å². The molecule has 0 fully saturated rings. The SMILES string of the molecule is OC1=C(c2nnc(Cc3ccc(F)cc3)o2)Oc2ccccc2C1. The number of halogens is 1. The summed E-state index contributed by atoms with van der Waals surface area (Å²) in [5, 5.41) is 18.1. The first kappa shape index (κ1) is 14.4. The van der Waals surface area contributed by atoms with Crippen LogP contribution in [-0.4, -0.2) is 15.3 Å². The third-order valence-corrected chi connectivity index (χ3v) is 3.73. The number of benzene rings is 2. The number of aliphatic hydroxyl groups is 1. The van der Waals surface area contributed by atoms with Gasteiger partial charge < -0.3 is 14.3 Å². The zero-order chi connectivity index (χ0) is 16.5. The van der Waals surface area contributed by atoms with Crippen LogP contribution in [0.25, 0.3) is 5.76 Å². The minimum Gasteiger partial charge on any atom is -0.508 e. The van der Waals surface area contributed by atoms with Crippen molar-refractivity contribution in [3.8, 4) is 5.75 Å². The molecule has 5 nitrogen and oxygen atoms in total. The van der Waals surface area contributed by atoms with Gasteiger partial charge in [0, 0.05) is 12.0 Å². The van der Waals surface area contributed by atoms with Crippen LogP contribution in [0.2, 0.25) is 0 Å². The second kappa shape index (κ2) is 5.81. The lowest BCUT2D eigenvalue weighted by molar-refractivity contribution is 0.344. The van der Waals surface area contributed by atoms with E-state index in [1.165, 1.54) is 12.1 Å². The van der Waals surface area contributed by atoms with Crippen LogP contribution in [-0.2, 0) is 12.8 Å². The number of nitrogens with zero attached hydrogens (tertiary/aromatic N) is 2. The predicted octanol–water partition coefficient (Wildman–Crippen LogP) is 3.66. The molecule has 3 aromatic rings. The normalized spacial score (nSPS) is 13.5. The minimum absolute atomic E-state index is 0.0469. The summed E-state index contributed by atoms with van der Waals surface area (Å²) in [5.41, 5.74) is 1.74. The predicted molar refractivity (Wildman–Crippen MR) is 83.8 cm³/mol. The molecule has 0 saturated heterocycles. The highest BCUT2D eigenvalue weighted by Gasteiger charge is 2.24. The average molecular weight is 324 g/mol. The van der Waals surface area contributed by atoms with Gasteiger partial charge in [0.1, 0.15) is 17.3 Å². The molecule has 0 radical (unpaired) electrons. The lowest BCUT2D eigenvalue weighted by Gasteiger charge is -2.17. The number of aliphatic hydroxyl groups excluding tert-OH is 1. The summed E-state index contributed by atoms with van der Waals surface area (Å²) in [4.78, 5) is 0. The third kappa shape index (κ3) is 2.74. The summed E-state index contributed by atoms with van der Waals surface area (Å²) >= 11 is 0. The first-order valence-electron chi connectivity index (χ1n) is 7.44. The molecule has 0 unspecified atom stereocenters. The smallest absolute Gasteiger partial charge is 0.287 e. The van der Waals surface area contributed by atoms with Gasteiger partial charge in [-0.2, -0.15) is 0 Å². The molecule has 1 aromatic heterocycles. The summed E-state index contributed by atoms with van der Waals surface area (Å²) in [6.45, 7) is 0. The fraction of sp³-hybridized carbons (Fsp3) is 0.111. The van der Waals surface area contributed by atoms with Gasteiger partial charge >= 0.3 is 0 Å². The molecule has 0 bridgehead atoms. The van der Waals surface area contributed by atoms with E-state index in [9.17, 15) is 9.50 Å². The maximum Gasteiger partial charge on any atom is 0.287 e. The molecule has 0 aliphatic carbocycles. The average Bonchev–Trinajstić information content (AvgIpc) is 3.04. The van der Waals surface area contributed by atoms with Gasteiger partial charge in [-0.15, -0.1) is 10.2 Å². The Bertz CT molecular complexity index is 916. The molecular weight excluding hydrogens is 311 g/mol. The van der Waals surface area contributed by atoms with E-state index < -0.39 is 0 Å². The highest BCUT2D eigenvalue weighted by Crippen LogP contribution is 2.33. The van der Waals surface area contributed by atoms with Crippen LogP contribution in [0, 0.1) is 5.82 Å². The first-order valence-corrected chi connectivity index (χ1v) is 7.44. The highest BCUT2D eigenvalue weighted by molar-refractivity contribution is 5.61. The van der Waals surface area contributed by atoms with Crippen LogP contribution in [0.3, 0.4) is 0 Å². The van der Waals surface area contributed by atoms with E-state index in [0.717, 1.165) is 11.1 Å². The summed E-state index contributed by atoms with van der Waals surface area (Å²) in [6.07, 6.45) is 0.721. The van der Waals surface area contributed by atoms with E-state index in [-0.39, 0.29) is 23.2 Å². The molecule has 4 rings (SSSR count). The van der Waals surface area contributed by atoms with Gasteiger partial charge in [-0.25, -0.2) is 4.39 Å². The maximum absolute atomic E-state index is 12.9. The molecular formula is C18H13FN2O3. The van der Waals surface area contributed by atoms with Crippen molar-refractivity contribution in [2.75, 3.05) is 0 Å². The summed E-state index contributed by atoms with van der Waals surface area (Å²) < 4.78 is 24.2. The van der Waals surface area contributed by atoms with Crippen molar-refractivity contribution in [2.45, 2.75) is 12.8 Å². The van der Waals surface area contributed by atoms with Crippen molar-refractivity contribution in [2.24, 2.45) is 0 Å². The van der Waals surface area contributed by atoms with Crippen molar-refractivity contribution in [3.63, 3.8) is 0 Å². The number of ether oxygens (including phenoxy) is 1. The van der Waals surface area contributed by atoms with E-state index in [4.69, 9.17) is 9.15 Å². The van der Waals surface area contributed by atoms with Crippen LogP contribution in [0.1, 0.15) is 22.9 Å². The molecule has 1 aliphatic rings. The Kier molecular flexibility index (Phi) is 3.49. The van der Waals surface area contributed by atoms with Crippen LogP contribution < -0.4 is 4.74 Å². The second-order valence-electron chi connectivity index (χ2n) is 5.47. The van der Waals surface area contributed by atoms with E-state index in [2.05, 4.69) is 10.2 Å². The molecule has 6 heteroatoms. The Labute approximate surface area is 137 Å². The summed E-state index contributed by atoms with van der Waals surface area (Å²) in [7, 11) is 0. The lowest BCUT2D eigenvalue weighted by Crippen LogP contribution is -2.09. The number of hydrogen-bond acceptors (Lipinski definition) is 5. The largest absolute Gasteiger partial charge is 0.508 e. The number of fused-ring (bicyclic) bond motifs is 1. The quantitative estimate of drug-likeness (QED) is 0.796. The Morgan fingerprint density at radius 1 is 1.04 bits per heavy atom. The minimum atomic E-state index is -0.297. The van der Waals surface area contributed by atoms with Crippen molar-refractivity contribution in [3.05, 3.63) is 83.0 Å². The Morgan fingerprint density at radius 3 is 2.67 bits per heavy atom. The molecule has 1 N–H and O–H groups in total.